The van der Waals surface area contributed by atoms with Crippen molar-refractivity contribution in [2.45, 2.75) is 38.1 Å². The van der Waals surface area contributed by atoms with Gasteiger partial charge in [0.05, 0.1) is 17.2 Å². The molecule has 4 heterocycles. The van der Waals surface area contributed by atoms with E-state index in [1.54, 1.807) is 10.7 Å². The first-order chi connectivity index (χ1) is 15.4. The molecule has 0 aromatic carbocycles. The molecule has 166 valence electrons. The average Bonchev–Trinajstić information content (AvgIpc) is 3.19. The second-order valence-corrected chi connectivity index (χ2v) is 8.01. The van der Waals surface area contributed by atoms with Crippen molar-refractivity contribution in [1.82, 2.24) is 29.8 Å². The molecular weight excluding hydrogens is 413 g/mol. The van der Waals surface area contributed by atoms with Crippen molar-refractivity contribution in [2.75, 3.05) is 20.1 Å². The summed E-state index contributed by atoms with van der Waals surface area (Å²) >= 11 is 0. The molecule has 3 aromatic heterocycles. The second-order valence-electron chi connectivity index (χ2n) is 8.01. The molecule has 10 heteroatoms. The molecule has 32 heavy (non-hydrogen) atoms. The Labute approximate surface area is 183 Å². The molecule has 3 aromatic rings. The van der Waals surface area contributed by atoms with E-state index in [0.717, 1.165) is 5.69 Å². The lowest BCUT2D eigenvalue weighted by Crippen LogP contribution is -2.42. The Morgan fingerprint density at radius 2 is 2.12 bits per heavy atom. The zero-order valence-electron chi connectivity index (χ0n) is 18.0. The SMILES string of the molecule is CCc1cn2nc(CN3CCC(C#N)(c4ccc(C(=O)NC)nc4F)CC3)cc2[nH]c1=O. The van der Waals surface area contributed by atoms with Gasteiger partial charge in [0.2, 0.25) is 5.95 Å². The number of hydrogen-bond donors (Lipinski definition) is 2. The molecular formula is C22H24FN7O2. The smallest absolute Gasteiger partial charge is 0.269 e. The number of aromatic nitrogens is 4. The lowest BCUT2D eigenvalue weighted by molar-refractivity contribution is 0.0956. The van der Waals surface area contributed by atoms with Crippen LogP contribution in [-0.4, -0.2) is 50.5 Å². The summed E-state index contributed by atoms with van der Waals surface area (Å²) in [5.41, 5.74) is 1.22. The summed E-state index contributed by atoms with van der Waals surface area (Å²) in [6.07, 6.45) is 3.24. The van der Waals surface area contributed by atoms with Gasteiger partial charge in [0.15, 0.2) is 0 Å². The van der Waals surface area contributed by atoms with Crippen molar-refractivity contribution in [2.24, 2.45) is 0 Å². The summed E-state index contributed by atoms with van der Waals surface area (Å²) in [6, 6.07) is 7.08. The van der Waals surface area contributed by atoms with Crippen LogP contribution >= 0.6 is 0 Å². The molecule has 1 saturated heterocycles. The van der Waals surface area contributed by atoms with E-state index < -0.39 is 17.3 Å². The molecule has 0 aliphatic carbocycles. The van der Waals surface area contributed by atoms with Crippen LogP contribution in [0.25, 0.3) is 5.65 Å². The number of carbonyl (C=O) groups is 1. The van der Waals surface area contributed by atoms with Gasteiger partial charge in [-0.05, 0) is 25.3 Å². The third kappa shape index (κ3) is 3.87. The number of nitriles is 1. The molecule has 0 saturated carbocycles. The van der Waals surface area contributed by atoms with E-state index >= 15 is 0 Å². The van der Waals surface area contributed by atoms with E-state index in [1.807, 2.05) is 13.0 Å². The number of aryl methyl sites for hydroxylation is 1. The van der Waals surface area contributed by atoms with Gasteiger partial charge in [-0.15, -0.1) is 0 Å². The van der Waals surface area contributed by atoms with E-state index in [1.165, 1.54) is 19.2 Å². The minimum absolute atomic E-state index is 0.0182. The maximum Gasteiger partial charge on any atom is 0.269 e. The number of piperidine rings is 1. The van der Waals surface area contributed by atoms with Crippen molar-refractivity contribution in [3.05, 3.63) is 63.2 Å². The van der Waals surface area contributed by atoms with Crippen molar-refractivity contribution in [3.63, 3.8) is 0 Å². The van der Waals surface area contributed by atoms with Crippen molar-refractivity contribution in [3.8, 4) is 6.07 Å². The Balaban J connectivity index is 1.49. The van der Waals surface area contributed by atoms with Crippen molar-refractivity contribution in [1.29, 1.82) is 5.26 Å². The zero-order valence-corrected chi connectivity index (χ0v) is 18.0. The predicted octanol–water partition coefficient (Wildman–Crippen LogP) is 1.54. The lowest BCUT2D eigenvalue weighted by atomic mass is 9.74. The van der Waals surface area contributed by atoms with E-state index in [4.69, 9.17) is 0 Å². The van der Waals surface area contributed by atoms with Crippen LogP contribution in [0.15, 0.2) is 29.2 Å². The summed E-state index contributed by atoms with van der Waals surface area (Å²) < 4.78 is 16.4. The maximum atomic E-state index is 14.7. The third-order valence-corrected chi connectivity index (χ3v) is 6.11. The number of pyridine rings is 1. The van der Waals surface area contributed by atoms with Crippen LogP contribution in [0.5, 0.6) is 0 Å². The molecule has 0 atom stereocenters. The Morgan fingerprint density at radius 3 is 2.75 bits per heavy atom. The van der Waals surface area contributed by atoms with Gasteiger partial charge in [0, 0.05) is 50.1 Å². The van der Waals surface area contributed by atoms with E-state index in [0.29, 0.717) is 50.1 Å². The van der Waals surface area contributed by atoms with E-state index in [2.05, 4.69) is 31.4 Å². The van der Waals surface area contributed by atoms with Gasteiger partial charge >= 0.3 is 0 Å². The number of amides is 1. The van der Waals surface area contributed by atoms with Gasteiger partial charge in [-0.2, -0.15) is 14.8 Å². The highest BCUT2D eigenvalue weighted by atomic mass is 19.1. The summed E-state index contributed by atoms with van der Waals surface area (Å²) in [5.74, 6) is -1.26. The maximum absolute atomic E-state index is 14.7. The molecule has 1 amide bonds. The van der Waals surface area contributed by atoms with Gasteiger partial charge in [-0.25, -0.2) is 9.50 Å². The van der Waals surface area contributed by atoms with Gasteiger partial charge in [0.25, 0.3) is 11.5 Å². The van der Waals surface area contributed by atoms with Crippen LogP contribution in [0.3, 0.4) is 0 Å². The Hall–Kier alpha value is -3.58. The molecule has 9 nitrogen and oxygen atoms in total. The molecule has 1 fully saturated rings. The molecule has 2 N–H and O–H groups in total. The fourth-order valence-electron chi connectivity index (χ4n) is 4.18. The predicted molar refractivity (Wildman–Crippen MR) is 115 cm³/mol. The molecule has 1 aliphatic rings. The lowest BCUT2D eigenvalue weighted by Gasteiger charge is -2.37. The Morgan fingerprint density at radius 1 is 1.38 bits per heavy atom. The number of nitrogens with one attached hydrogen (secondary N) is 2. The number of hydrogen-bond acceptors (Lipinski definition) is 6. The molecule has 0 unspecified atom stereocenters. The van der Waals surface area contributed by atoms with Crippen LogP contribution in [0, 0.1) is 17.3 Å². The topological polar surface area (TPSA) is 119 Å². The minimum Gasteiger partial charge on any atom is -0.354 e. The third-order valence-electron chi connectivity index (χ3n) is 6.11. The number of likely N-dealkylation sites (tertiary alicyclic amines) is 1. The summed E-state index contributed by atoms with van der Waals surface area (Å²) in [6.45, 7) is 3.63. The fraction of sp³-hybridized carbons (Fsp3) is 0.409. The first-order valence-electron chi connectivity index (χ1n) is 10.5. The number of nitrogens with zero attached hydrogens (tertiary/aromatic N) is 5. The number of H-pyrrole nitrogens is 1. The largest absolute Gasteiger partial charge is 0.354 e. The van der Waals surface area contributed by atoms with Gasteiger partial charge in [-0.3, -0.25) is 14.5 Å². The molecule has 0 bridgehead atoms. The molecule has 1 aliphatic heterocycles. The average molecular weight is 437 g/mol. The number of aromatic amines is 1. The number of halogens is 1. The second kappa shape index (κ2) is 8.51. The quantitative estimate of drug-likeness (QED) is 0.585. The molecule has 0 spiro atoms. The minimum atomic E-state index is -0.991. The summed E-state index contributed by atoms with van der Waals surface area (Å²) in [7, 11) is 1.45. The number of fused-ring (bicyclic) bond motifs is 1. The van der Waals surface area contributed by atoms with Crippen LogP contribution in [0.1, 0.15) is 47.1 Å². The van der Waals surface area contributed by atoms with Gasteiger partial charge < -0.3 is 10.3 Å². The number of rotatable bonds is 5. The van der Waals surface area contributed by atoms with E-state index in [9.17, 15) is 19.2 Å². The molecule has 4 rings (SSSR count). The summed E-state index contributed by atoms with van der Waals surface area (Å²) in [4.78, 5) is 32.5. The Kier molecular flexibility index (Phi) is 5.76. The Bertz CT molecular complexity index is 1270. The van der Waals surface area contributed by atoms with Crippen molar-refractivity contribution >= 4 is 11.6 Å². The van der Waals surface area contributed by atoms with Crippen molar-refractivity contribution < 1.29 is 9.18 Å². The normalized spacial score (nSPS) is 16.1. The van der Waals surface area contributed by atoms with Gasteiger partial charge in [-0.1, -0.05) is 13.0 Å². The first kappa shape index (κ1) is 21.6. The summed E-state index contributed by atoms with van der Waals surface area (Å²) in [5, 5.41) is 16.9. The van der Waals surface area contributed by atoms with Crippen LogP contribution in [-0.2, 0) is 18.4 Å². The highest BCUT2D eigenvalue weighted by molar-refractivity contribution is 5.92. The first-order valence-corrected chi connectivity index (χ1v) is 10.5. The fourth-order valence-corrected chi connectivity index (χ4v) is 4.18. The highest BCUT2D eigenvalue weighted by Crippen LogP contribution is 2.36. The van der Waals surface area contributed by atoms with Crippen LogP contribution in [0.4, 0.5) is 4.39 Å². The van der Waals surface area contributed by atoms with Crippen LogP contribution < -0.4 is 10.9 Å². The molecule has 0 radical (unpaired) electrons. The standard InChI is InChI=1S/C22H24FN7O2/c1-3-14-11-30-18(27-20(14)31)10-15(28-30)12-29-8-6-22(13-24,7-9-29)16-4-5-17(21(32)25-2)26-19(16)23/h4-5,10-11H,3,6-9,12H2,1-2H3,(H,25,32)(H,27,31). The van der Waals surface area contributed by atoms with Crippen LogP contribution in [0.2, 0.25) is 0 Å². The number of carbonyl (C=O) groups excluding carboxylic acids is 1. The highest BCUT2D eigenvalue weighted by Gasteiger charge is 2.39. The monoisotopic (exact) mass is 437 g/mol. The van der Waals surface area contributed by atoms with E-state index in [-0.39, 0.29) is 16.8 Å². The van der Waals surface area contributed by atoms with Gasteiger partial charge in [0.1, 0.15) is 11.3 Å². The zero-order chi connectivity index (χ0) is 22.9.